The predicted octanol–water partition coefficient (Wildman–Crippen LogP) is 4.95. The van der Waals surface area contributed by atoms with Crippen LogP contribution in [0.15, 0.2) is 23.3 Å². The van der Waals surface area contributed by atoms with Gasteiger partial charge in [0, 0.05) is 19.6 Å². The molecule has 4 rings (SSSR count). The summed E-state index contributed by atoms with van der Waals surface area (Å²) in [5, 5.41) is 20.0. The molecular formula is C27H43F2NO3. The number of halogens is 2. The van der Waals surface area contributed by atoms with E-state index in [2.05, 4.69) is 30.9 Å². The Bertz CT molecular complexity index is 714. The molecule has 0 unspecified atom stereocenters. The van der Waals surface area contributed by atoms with Gasteiger partial charge in [0.05, 0.1) is 18.3 Å². The number of ether oxygens (including phenoxy) is 1. The van der Waals surface area contributed by atoms with Gasteiger partial charge in [-0.25, -0.2) is 8.78 Å². The number of nitrogens with zero attached hydrogens (tertiary/aromatic N) is 1. The van der Waals surface area contributed by atoms with Crippen molar-refractivity contribution in [3.63, 3.8) is 0 Å². The van der Waals surface area contributed by atoms with E-state index in [4.69, 9.17) is 4.74 Å². The first kappa shape index (κ1) is 25.3. The van der Waals surface area contributed by atoms with Crippen molar-refractivity contribution in [3.8, 4) is 0 Å². The summed E-state index contributed by atoms with van der Waals surface area (Å²) in [6.07, 6.45) is 10.1. The van der Waals surface area contributed by atoms with Gasteiger partial charge in [0.2, 0.25) is 0 Å². The Kier molecular flexibility index (Phi) is 8.31. The Balaban J connectivity index is 1.36. The molecule has 0 aromatic carbocycles. The van der Waals surface area contributed by atoms with Gasteiger partial charge in [-0.05, 0) is 81.0 Å². The number of fused-ring (bicyclic) bond motifs is 1. The van der Waals surface area contributed by atoms with Gasteiger partial charge in [-0.15, -0.1) is 0 Å². The first-order chi connectivity index (χ1) is 15.7. The average molecular weight is 468 g/mol. The minimum absolute atomic E-state index is 0.0489. The van der Waals surface area contributed by atoms with Crippen molar-refractivity contribution in [1.82, 2.24) is 4.90 Å². The molecule has 6 heteroatoms. The summed E-state index contributed by atoms with van der Waals surface area (Å²) in [5.41, 5.74) is 3.04. The zero-order valence-electron chi connectivity index (χ0n) is 20.4. The molecule has 0 spiro atoms. The SMILES string of the molecule is C[C@H](CN1CC[C@H](OCC(F)F)C1)[C@H]1CC[C@H]2/C(=C/C=C3C[C@@H](O)C[C@H](O)C3)CCC[C@]12C. The molecule has 0 amide bonds. The van der Waals surface area contributed by atoms with Crippen molar-refractivity contribution in [2.45, 2.75) is 96.4 Å². The van der Waals surface area contributed by atoms with Gasteiger partial charge in [0.25, 0.3) is 6.43 Å². The molecule has 0 radical (unpaired) electrons. The second-order valence-electron chi connectivity index (χ2n) is 11.5. The topological polar surface area (TPSA) is 52.9 Å². The smallest absolute Gasteiger partial charge is 0.261 e. The highest BCUT2D eigenvalue weighted by molar-refractivity contribution is 5.26. The molecule has 1 heterocycles. The lowest BCUT2D eigenvalue weighted by Gasteiger charge is -2.45. The summed E-state index contributed by atoms with van der Waals surface area (Å²) >= 11 is 0. The van der Waals surface area contributed by atoms with E-state index in [-0.39, 0.29) is 6.10 Å². The Hall–Kier alpha value is -0.820. The molecule has 1 saturated heterocycles. The molecular weight excluding hydrogens is 424 g/mol. The maximum Gasteiger partial charge on any atom is 0.261 e. The molecule has 4 nitrogen and oxygen atoms in total. The lowest BCUT2D eigenvalue weighted by atomic mass is 9.61. The van der Waals surface area contributed by atoms with Crippen LogP contribution < -0.4 is 0 Å². The minimum Gasteiger partial charge on any atom is -0.393 e. The van der Waals surface area contributed by atoms with E-state index in [9.17, 15) is 19.0 Å². The van der Waals surface area contributed by atoms with E-state index in [1.54, 1.807) is 5.57 Å². The Morgan fingerprint density at radius 3 is 2.64 bits per heavy atom. The zero-order chi connectivity index (χ0) is 23.6. The highest BCUT2D eigenvalue weighted by Gasteiger charge is 2.50. The van der Waals surface area contributed by atoms with Crippen LogP contribution in [-0.4, -0.2) is 66.1 Å². The summed E-state index contributed by atoms with van der Waals surface area (Å²) in [5.74, 6) is 1.88. The predicted molar refractivity (Wildman–Crippen MR) is 126 cm³/mol. The first-order valence-corrected chi connectivity index (χ1v) is 13.1. The summed E-state index contributed by atoms with van der Waals surface area (Å²) in [4.78, 5) is 2.42. The number of alkyl halides is 2. The van der Waals surface area contributed by atoms with Crippen LogP contribution in [0, 0.1) is 23.2 Å². The first-order valence-electron chi connectivity index (χ1n) is 13.1. The fourth-order valence-electron chi connectivity index (χ4n) is 7.59. The summed E-state index contributed by atoms with van der Waals surface area (Å²) < 4.78 is 30.3. The molecule has 33 heavy (non-hydrogen) atoms. The van der Waals surface area contributed by atoms with Crippen molar-refractivity contribution in [1.29, 1.82) is 0 Å². The van der Waals surface area contributed by atoms with Crippen LogP contribution in [0.25, 0.3) is 0 Å². The number of allylic oxidation sites excluding steroid dienone is 3. The molecule has 4 fully saturated rings. The maximum absolute atomic E-state index is 12.5. The van der Waals surface area contributed by atoms with Gasteiger partial charge >= 0.3 is 0 Å². The number of likely N-dealkylation sites (tertiary alicyclic amines) is 1. The molecule has 0 aromatic heterocycles. The van der Waals surface area contributed by atoms with E-state index >= 15 is 0 Å². The number of aliphatic hydroxyl groups excluding tert-OH is 2. The molecule has 1 aliphatic heterocycles. The van der Waals surface area contributed by atoms with Crippen molar-refractivity contribution in [3.05, 3.63) is 23.3 Å². The molecule has 3 saturated carbocycles. The third-order valence-corrected chi connectivity index (χ3v) is 9.03. The number of hydrogen-bond donors (Lipinski definition) is 2. The van der Waals surface area contributed by atoms with E-state index in [1.807, 2.05) is 0 Å². The Morgan fingerprint density at radius 2 is 1.91 bits per heavy atom. The molecule has 3 aliphatic carbocycles. The summed E-state index contributed by atoms with van der Waals surface area (Å²) in [7, 11) is 0. The van der Waals surface area contributed by atoms with Crippen LogP contribution in [0.1, 0.15) is 71.6 Å². The minimum atomic E-state index is -2.38. The highest BCUT2D eigenvalue weighted by Crippen LogP contribution is 2.59. The van der Waals surface area contributed by atoms with Gasteiger partial charge < -0.3 is 19.8 Å². The molecule has 188 valence electrons. The van der Waals surface area contributed by atoms with Crippen LogP contribution in [0.3, 0.4) is 0 Å². The normalized spacial score (nSPS) is 39.9. The molecule has 4 aliphatic rings. The maximum atomic E-state index is 12.5. The van der Waals surface area contributed by atoms with Crippen LogP contribution in [0.5, 0.6) is 0 Å². The highest BCUT2D eigenvalue weighted by atomic mass is 19.3. The van der Waals surface area contributed by atoms with Crippen molar-refractivity contribution in [2.24, 2.45) is 23.2 Å². The van der Waals surface area contributed by atoms with Crippen molar-refractivity contribution < 1.29 is 23.7 Å². The fourth-order valence-corrected chi connectivity index (χ4v) is 7.59. The van der Waals surface area contributed by atoms with Crippen molar-refractivity contribution in [2.75, 3.05) is 26.2 Å². The number of aliphatic hydroxyl groups is 2. The van der Waals surface area contributed by atoms with E-state index in [0.29, 0.717) is 42.4 Å². The van der Waals surface area contributed by atoms with Crippen LogP contribution >= 0.6 is 0 Å². The molecule has 0 bridgehead atoms. The zero-order valence-corrected chi connectivity index (χ0v) is 20.4. The quantitative estimate of drug-likeness (QED) is 0.556. The lowest BCUT2D eigenvalue weighted by molar-refractivity contribution is -0.0207. The fraction of sp³-hybridized carbons (Fsp3) is 0.852. The van der Waals surface area contributed by atoms with Gasteiger partial charge in [-0.1, -0.05) is 37.1 Å². The number of hydrogen-bond acceptors (Lipinski definition) is 4. The Labute approximate surface area is 198 Å². The second-order valence-corrected chi connectivity index (χ2v) is 11.5. The molecule has 0 aromatic rings. The number of rotatable bonds is 7. The monoisotopic (exact) mass is 467 g/mol. The molecule has 7 atom stereocenters. The Morgan fingerprint density at radius 1 is 1.15 bits per heavy atom. The summed E-state index contributed by atoms with van der Waals surface area (Å²) in [6.45, 7) is 7.19. The largest absolute Gasteiger partial charge is 0.393 e. The van der Waals surface area contributed by atoms with Crippen LogP contribution in [-0.2, 0) is 4.74 Å². The van der Waals surface area contributed by atoms with Crippen LogP contribution in [0.2, 0.25) is 0 Å². The van der Waals surface area contributed by atoms with E-state index in [0.717, 1.165) is 32.5 Å². The van der Waals surface area contributed by atoms with Gasteiger partial charge in [-0.3, -0.25) is 0 Å². The second kappa shape index (κ2) is 10.8. The summed E-state index contributed by atoms with van der Waals surface area (Å²) in [6, 6.07) is 0. The van der Waals surface area contributed by atoms with Gasteiger partial charge in [0.1, 0.15) is 6.61 Å². The van der Waals surface area contributed by atoms with Gasteiger partial charge in [-0.2, -0.15) is 0 Å². The van der Waals surface area contributed by atoms with Gasteiger partial charge in [0.15, 0.2) is 0 Å². The van der Waals surface area contributed by atoms with E-state index < -0.39 is 25.2 Å². The lowest BCUT2D eigenvalue weighted by Crippen LogP contribution is -2.39. The van der Waals surface area contributed by atoms with Crippen LogP contribution in [0.4, 0.5) is 8.78 Å². The molecule has 2 N–H and O–H groups in total. The van der Waals surface area contributed by atoms with Crippen molar-refractivity contribution >= 4 is 0 Å². The third kappa shape index (κ3) is 6.06. The van der Waals surface area contributed by atoms with E-state index in [1.165, 1.54) is 31.3 Å². The average Bonchev–Trinajstić information content (AvgIpc) is 3.33. The third-order valence-electron chi connectivity index (χ3n) is 9.03. The standard InChI is InChI=1S/C27H43F2NO3/c1-18(15-30-11-9-23(16-30)33-17-26(28)29)24-7-8-25-20(4-3-10-27(24,25)2)6-5-19-12-21(31)14-22(32)13-19/h5-6,18,21-26,31-32H,3-4,7-17H2,1-2H3/b20-6+/t18-,21-,22-,23+,24-,25+,27-/m1/s1.